The molecule has 1 heterocycles. The maximum Gasteiger partial charge on any atom is 0.245 e. The number of sulfonamides is 1. The molecule has 0 bridgehead atoms. The third kappa shape index (κ3) is 3.52. The number of amides is 2. The molecule has 1 aromatic carbocycles. The van der Waals surface area contributed by atoms with Crippen LogP contribution in [0.25, 0.3) is 0 Å². The highest BCUT2D eigenvalue weighted by atomic mass is 35.5. The fraction of sp³-hybridized carbons (Fsp3) is 0.333. The molecule has 9 heteroatoms. The highest BCUT2D eigenvalue weighted by Gasteiger charge is 2.32. The molecule has 0 spiro atoms. The average Bonchev–Trinajstić information content (AvgIpc) is 2.42. The van der Waals surface area contributed by atoms with E-state index in [1.54, 1.807) is 0 Å². The lowest BCUT2D eigenvalue weighted by Gasteiger charge is -2.22. The Kier molecular flexibility index (Phi) is 4.50. The summed E-state index contributed by atoms with van der Waals surface area (Å²) in [5.41, 5.74) is 0. The minimum atomic E-state index is -4.01. The molecule has 1 atom stereocenters. The SMILES string of the molecule is COc1ccc(Cl)cc1S(=O)(=O)NC1CCC(=O)NC1=O. The molecule has 2 rings (SSSR count). The molecule has 1 unspecified atom stereocenters. The lowest BCUT2D eigenvalue weighted by atomic mass is 10.1. The van der Waals surface area contributed by atoms with Crippen molar-refractivity contribution in [2.75, 3.05) is 7.11 Å². The van der Waals surface area contributed by atoms with Gasteiger partial charge in [-0.05, 0) is 24.6 Å². The minimum Gasteiger partial charge on any atom is -0.495 e. The van der Waals surface area contributed by atoms with Crippen LogP contribution in [0.15, 0.2) is 23.1 Å². The van der Waals surface area contributed by atoms with Gasteiger partial charge in [0.05, 0.1) is 7.11 Å². The van der Waals surface area contributed by atoms with E-state index in [0.29, 0.717) is 0 Å². The summed E-state index contributed by atoms with van der Waals surface area (Å²) in [6, 6.07) is 3.14. The minimum absolute atomic E-state index is 0.0750. The molecule has 0 aliphatic carbocycles. The van der Waals surface area contributed by atoms with E-state index >= 15 is 0 Å². The van der Waals surface area contributed by atoms with E-state index < -0.39 is 27.9 Å². The van der Waals surface area contributed by atoms with Gasteiger partial charge in [-0.15, -0.1) is 0 Å². The van der Waals surface area contributed by atoms with Gasteiger partial charge < -0.3 is 4.74 Å². The van der Waals surface area contributed by atoms with Crippen molar-refractivity contribution >= 4 is 33.4 Å². The zero-order valence-electron chi connectivity index (χ0n) is 11.1. The fourth-order valence-electron chi connectivity index (χ4n) is 1.92. The Morgan fingerprint density at radius 2 is 2.10 bits per heavy atom. The van der Waals surface area contributed by atoms with Crippen molar-refractivity contribution in [3.63, 3.8) is 0 Å². The molecule has 0 radical (unpaired) electrons. The molecule has 0 saturated carbocycles. The molecule has 1 aliphatic rings. The predicted octanol–water partition coefficient (Wildman–Crippen LogP) is 0.432. The van der Waals surface area contributed by atoms with Crippen LogP contribution in [0.4, 0.5) is 0 Å². The molecule has 0 aromatic heterocycles. The Labute approximate surface area is 126 Å². The lowest BCUT2D eigenvalue weighted by molar-refractivity contribution is -0.134. The first-order valence-electron chi connectivity index (χ1n) is 6.03. The number of hydrogen-bond donors (Lipinski definition) is 2. The first-order chi connectivity index (χ1) is 9.83. The maximum absolute atomic E-state index is 12.3. The van der Waals surface area contributed by atoms with E-state index in [2.05, 4.69) is 10.0 Å². The predicted molar refractivity (Wildman–Crippen MR) is 74.5 cm³/mol. The third-order valence-electron chi connectivity index (χ3n) is 2.95. The molecule has 1 aliphatic heterocycles. The Morgan fingerprint density at radius 1 is 1.38 bits per heavy atom. The highest BCUT2D eigenvalue weighted by molar-refractivity contribution is 7.89. The van der Waals surface area contributed by atoms with E-state index in [1.165, 1.54) is 25.3 Å². The van der Waals surface area contributed by atoms with E-state index in [9.17, 15) is 18.0 Å². The van der Waals surface area contributed by atoms with Crippen LogP contribution in [-0.2, 0) is 19.6 Å². The van der Waals surface area contributed by atoms with Crippen LogP contribution in [0.5, 0.6) is 5.75 Å². The lowest BCUT2D eigenvalue weighted by Crippen LogP contribution is -2.52. The largest absolute Gasteiger partial charge is 0.495 e. The molecule has 2 N–H and O–H groups in total. The Morgan fingerprint density at radius 3 is 2.71 bits per heavy atom. The standard InChI is InChI=1S/C12H13ClN2O5S/c1-20-9-4-2-7(13)6-10(9)21(18,19)15-8-3-5-11(16)14-12(8)17/h2,4,6,8,15H,3,5H2,1H3,(H,14,16,17). The van der Waals surface area contributed by atoms with E-state index in [4.69, 9.17) is 16.3 Å². The number of imide groups is 1. The quantitative estimate of drug-likeness (QED) is 0.779. The fourth-order valence-corrected chi connectivity index (χ4v) is 3.58. The Bertz CT molecular complexity index is 689. The summed E-state index contributed by atoms with van der Waals surface area (Å²) in [7, 11) is -2.68. The molecule has 21 heavy (non-hydrogen) atoms. The Balaban J connectivity index is 2.28. The molecule has 114 valence electrons. The van der Waals surface area contributed by atoms with Gasteiger partial charge in [0, 0.05) is 11.4 Å². The zero-order valence-corrected chi connectivity index (χ0v) is 12.6. The number of piperidine rings is 1. The highest BCUT2D eigenvalue weighted by Crippen LogP contribution is 2.27. The van der Waals surface area contributed by atoms with Crippen LogP contribution in [0.2, 0.25) is 5.02 Å². The average molecular weight is 333 g/mol. The van der Waals surface area contributed by atoms with Crippen molar-refractivity contribution in [1.29, 1.82) is 0 Å². The number of methoxy groups -OCH3 is 1. The smallest absolute Gasteiger partial charge is 0.245 e. The summed E-state index contributed by atoms with van der Waals surface area (Å²) in [6.07, 6.45) is 0.179. The van der Waals surface area contributed by atoms with Crippen molar-refractivity contribution in [2.24, 2.45) is 0 Å². The normalized spacial score (nSPS) is 19.2. The third-order valence-corrected chi connectivity index (χ3v) is 4.68. The summed E-state index contributed by atoms with van der Waals surface area (Å²) in [5.74, 6) is -0.981. The topological polar surface area (TPSA) is 102 Å². The number of carbonyl (C=O) groups excluding carboxylic acids is 2. The second-order valence-corrected chi connectivity index (χ2v) is 6.54. The van der Waals surface area contributed by atoms with Gasteiger partial charge in [-0.1, -0.05) is 11.6 Å². The summed E-state index contributed by atoms with van der Waals surface area (Å²) in [5, 5.41) is 2.30. The maximum atomic E-state index is 12.3. The van der Waals surface area contributed by atoms with Crippen LogP contribution < -0.4 is 14.8 Å². The van der Waals surface area contributed by atoms with Crippen molar-refractivity contribution in [3.8, 4) is 5.75 Å². The number of carbonyl (C=O) groups is 2. The van der Waals surface area contributed by atoms with E-state index in [1.807, 2.05) is 0 Å². The summed E-state index contributed by atoms with van der Waals surface area (Å²) < 4.78 is 31.9. The van der Waals surface area contributed by atoms with Crippen molar-refractivity contribution < 1.29 is 22.7 Å². The first-order valence-corrected chi connectivity index (χ1v) is 7.89. The van der Waals surface area contributed by atoms with Crippen LogP contribution in [-0.4, -0.2) is 33.4 Å². The van der Waals surface area contributed by atoms with Gasteiger partial charge in [0.2, 0.25) is 21.8 Å². The summed E-state index contributed by atoms with van der Waals surface area (Å²) >= 11 is 5.80. The van der Waals surface area contributed by atoms with Crippen LogP contribution in [0, 0.1) is 0 Å². The van der Waals surface area contributed by atoms with Crippen molar-refractivity contribution in [2.45, 2.75) is 23.8 Å². The molecule has 1 aromatic rings. The van der Waals surface area contributed by atoms with Gasteiger partial charge >= 0.3 is 0 Å². The van der Waals surface area contributed by atoms with Crippen LogP contribution in [0.3, 0.4) is 0 Å². The van der Waals surface area contributed by atoms with Gasteiger partial charge in [-0.2, -0.15) is 4.72 Å². The van der Waals surface area contributed by atoms with E-state index in [0.717, 1.165) is 0 Å². The number of ether oxygens (including phenoxy) is 1. The summed E-state index contributed by atoms with van der Waals surface area (Å²) in [6.45, 7) is 0. The number of rotatable bonds is 4. The van der Waals surface area contributed by atoms with E-state index in [-0.39, 0.29) is 28.5 Å². The molecular formula is C12H13ClN2O5S. The van der Waals surface area contributed by atoms with Gasteiger partial charge in [0.15, 0.2) is 0 Å². The number of nitrogens with one attached hydrogen (secondary N) is 2. The number of benzene rings is 1. The van der Waals surface area contributed by atoms with Crippen molar-refractivity contribution in [1.82, 2.24) is 10.0 Å². The molecule has 7 nitrogen and oxygen atoms in total. The van der Waals surface area contributed by atoms with Gasteiger partial charge in [-0.3, -0.25) is 14.9 Å². The monoisotopic (exact) mass is 332 g/mol. The second-order valence-electron chi connectivity index (χ2n) is 4.42. The number of hydrogen-bond acceptors (Lipinski definition) is 5. The Hall–Kier alpha value is -1.64. The van der Waals surface area contributed by atoms with Crippen LogP contribution >= 0.6 is 11.6 Å². The molecule has 2 amide bonds. The number of halogens is 1. The van der Waals surface area contributed by atoms with Gasteiger partial charge in [-0.25, -0.2) is 8.42 Å². The second kappa shape index (κ2) is 6.00. The molecule has 1 fully saturated rings. The summed E-state index contributed by atoms with van der Waals surface area (Å²) in [4.78, 5) is 22.5. The zero-order chi connectivity index (χ0) is 15.6. The first kappa shape index (κ1) is 15.7. The van der Waals surface area contributed by atoms with Crippen molar-refractivity contribution in [3.05, 3.63) is 23.2 Å². The van der Waals surface area contributed by atoms with Crippen LogP contribution in [0.1, 0.15) is 12.8 Å². The van der Waals surface area contributed by atoms with Gasteiger partial charge in [0.25, 0.3) is 0 Å². The molecular weight excluding hydrogens is 320 g/mol. The van der Waals surface area contributed by atoms with Gasteiger partial charge in [0.1, 0.15) is 16.7 Å². The molecule has 1 saturated heterocycles.